The van der Waals surface area contributed by atoms with Crippen molar-refractivity contribution in [2.75, 3.05) is 11.1 Å². The molecule has 1 amide bonds. The molecule has 1 N–H and O–H groups in total. The number of carbonyl (C=O) groups excluding carboxylic acids is 1. The summed E-state index contributed by atoms with van der Waals surface area (Å²) in [4.78, 5) is 16.4. The largest absolute Gasteiger partial charge is 0.323 e. The highest BCUT2D eigenvalue weighted by atomic mass is 32.2. The second kappa shape index (κ2) is 7.14. The predicted octanol–water partition coefficient (Wildman–Crippen LogP) is 4.57. The second-order valence-corrected chi connectivity index (χ2v) is 6.94. The first-order valence-corrected chi connectivity index (χ1v) is 8.76. The highest BCUT2D eigenvalue weighted by molar-refractivity contribution is 8.38. The quantitative estimate of drug-likeness (QED) is 0.881. The molecule has 3 nitrogen and oxygen atoms in total. The minimum atomic E-state index is -0.664. The fraction of sp³-hybridized carbons (Fsp3) is 0.125. The Hall–Kier alpha value is -1.86. The molecule has 0 radical (unpaired) electrons. The van der Waals surface area contributed by atoms with Crippen LogP contribution in [0.1, 0.15) is 5.56 Å². The predicted molar refractivity (Wildman–Crippen MR) is 92.3 cm³/mol. The average molecular weight is 350 g/mol. The molecule has 0 aromatic heterocycles. The van der Waals surface area contributed by atoms with E-state index in [9.17, 15) is 13.6 Å². The summed E-state index contributed by atoms with van der Waals surface area (Å²) < 4.78 is 27.3. The fourth-order valence-corrected chi connectivity index (χ4v) is 3.86. The van der Waals surface area contributed by atoms with Crippen molar-refractivity contribution in [2.24, 2.45) is 4.99 Å². The van der Waals surface area contributed by atoms with E-state index >= 15 is 0 Å². The van der Waals surface area contributed by atoms with E-state index in [4.69, 9.17) is 0 Å². The van der Waals surface area contributed by atoms with Crippen LogP contribution in [0.4, 0.5) is 20.2 Å². The normalized spacial score (nSPS) is 13.2. The molecular formula is C16H12F2N2OS2. The van der Waals surface area contributed by atoms with Crippen LogP contribution in [0.2, 0.25) is 0 Å². The Morgan fingerprint density at radius 3 is 2.96 bits per heavy atom. The zero-order valence-corrected chi connectivity index (χ0v) is 13.5. The third-order valence-corrected chi connectivity index (χ3v) is 5.33. The molecule has 0 spiro atoms. The van der Waals surface area contributed by atoms with Crippen LogP contribution in [0, 0.1) is 11.6 Å². The maximum Gasteiger partial charge on any atom is 0.234 e. The lowest BCUT2D eigenvalue weighted by molar-refractivity contribution is -0.113. The van der Waals surface area contributed by atoms with Gasteiger partial charge < -0.3 is 5.32 Å². The molecule has 1 heterocycles. The van der Waals surface area contributed by atoms with Gasteiger partial charge >= 0.3 is 0 Å². The molecular weight excluding hydrogens is 338 g/mol. The smallest absolute Gasteiger partial charge is 0.234 e. The van der Waals surface area contributed by atoms with Crippen LogP contribution >= 0.6 is 23.5 Å². The lowest BCUT2D eigenvalue weighted by Gasteiger charge is -2.14. The summed E-state index contributed by atoms with van der Waals surface area (Å²) in [6.07, 6.45) is 0. The summed E-state index contributed by atoms with van der Waals surface area (Å²) in [7, 11) is 0. The first-order chi connectivity index (χ1) is 11.1. The number of carbonyl (C=O) groups is 1. The molecule has 1 aliphatic heterocycles. The Balaban J connectivity index is 1.60. The minimum Gasteiger partial charge on any atom is -0.323 e. The van der Waals surface area contributed by atoms with Crippen molar-refractivity contribution in [3.8, 4) is 0 Å². The van der Waals surface area contributed by atoms with Crippen LogP contribution in [-0.4, -0.2) is 16.0 Å². The Labute approximate surface area is 140 Å². The zero-order valence-electron chi connectivity index (χ0n) is 11.9. The van der Waals surface area contributed by atoms with E-state index in [1.807, 2.05) is 24.3 Å². The third-order valence-electron chi connectivity index (χ3n) is 3.08. The number of rotatable bonds is 3. The van der Waals surface area contributed by atoms with Crippen LogP contribution < -0.4 is 5.32 Å². The van der Waals surface area contributed by atoms with Crippen molar-refractivity contribution in [2.45, 2.75) is 5.75 Å². The topological polar surface area (TPSA) is 41.5 Å². The molecule has 1 aliphatic rings. The van der Waals surface area contributed by atoms with Gasteiger partial charge in [-0.3, -0.25) is 4.79 Å². The molecule has 23 heavy (non-hydrogen) atoms. The van der Waals surface area contributed by atoms with Crippen LogP contribution in [0.3, 0.4) is 0 Å². The molecule has 3 rings (SSSR count). The van der Waals surface area contributed by atoms with E-state index < -0.39 is 17.5 Å². The molecule has 0 unspecified atom stereocenters. The van der Waals surface area contributed by atoms with Crippen LogP contribution in [0.5, 0.6) is 0 Å². The number of anilines is 1. The van der Waals surface area contributed by atoms with Gasteiger partial charge in [0, 0.05) is 11.8 Å². The van der Waals surface area contributed by atoms with Gasteiger partial charge in [0.05, 0.1) is 17.1 Å². The van der Waals surface area contributed by atoms with E-state index in [0.29, 0.717) is 0 Å². The standard InChI is InChI=1S/C16H12F2N2OS2/c17-11-5-6-12(18)14(7-11)19-15(21)9-23-16-20-13-4-2-1-3-10(13)8-22-16/h1-7H,8-9H2,(H,19,21). The van der Waals surface area contributed by atoms with Gasteiger partial charge in [-0.25, -0.2) is 13.8 Å². The maximum atomic E-state index is 13.5. The van der Waals surface area contributed by atoms with Gasteiger partial charge in [0.15, 0.2) is 0 Å². The Kier molecular flexibility index (Phi) is 4.97. The second-order valence-electron chi connectivity index (χ2n) is 4.76. The van der Waals surface area contributed by atoms with Gasteiger partial charge in [-0.15, -0.1) is 0 Å². The maximum absolute atomic E-state index is 13.5. The van der Waals surface area contributed by atoms with Crippen LogP contribution in [0.25, 0.3) is 0 Å². The van der Waals surface area contributed by atoms with Crippen molar-refractivity contribution in [3.63, 3.8) is 0 Å². The SMILES string of the molecule is O=C(CSC1=Nc2ccccc2CS1)Nc1cc(F)ccc1F. The molecule has 0 atom stereocenters. The lowest BCUT2D eigenvalue weighted by Crippen LogP contribution is -2.16. The molecule has 0 aliphatic carbocycles. The highest BCUT2D eigenvalue weighted by Gasteiger charge is 2.15. The first kappa shape index (κ1) is 16.0. The van der Waals surface area contributed by atoms with Gasteiger partial charge in [0.1, 0.15) is 16.0 Å². The van der Waals surface area contributed by atoms with Crippen molar-refractivity contribution >= 4 is 45.2 Å². The molecule has 2 aromatic carbocycles. The van der Waals surface area contributed by atoms with Gasteiger partial charge in [0.2, 0.25) is 5.91 Å². The molecule has 0 fully saturated rings. The number of amides is 1. The molecule has 7 heteroatoms. The monoisotopic (exact) mass is 350 g/mol. The molecule has 118 valence electrons. The Morgan fingerprint density at radius 2 is 2.09 bits per heavy atom. The van der Waals surface area contributed by atoms with Crippen molar-refractivity contribution in [1.82, 2.24) is 0 Å². The van der Waals surface area contributed by atoms with E-state index in [0.717, 1.165) is 39.6 Å². The number of nitrogens with zero attached hydrogens (tertiary/aromatic N) is 1. The summed E-state index contributed by atoms with van der Waals surface area (Å²) in [6.45, 7) is 0. The van der Waals surface area contributed by atoms with E-state index in [2.05, 4.69) is 10.3 Å². The summed E-state index contributed by atoms with van der Waals surface area (Å²) in [5, 5.41) is 2.37. The third kappa shape index (κ3) is 4.11. The summed E-state index contributed by atoms with van der Waals surface area (Å²) in [6, 6.07) is 10.8. The Bertz CT molecular complexity index is 780. The average Bonchev–Trinajstić information content (AvgIpc) is 2.56. The number of thioether (sulfide) groups is 2. The van der Waals surface area contributed by atoms with Gasteiger partial charge in [-0.2, -0.15) is 0 Å². The lowest BCUT2D eigenvalue weighted by atomic mass is 10.2. The summed E-state index contributed by atoms with van der Waals surface area (Å²) in [5.41, 5.74) is 1.91. The fourth-order valence-electron chi connectivity index (χ4n) is 1.99. The van der Waals surface area contributed by atoms with E-state index in [-0.39, 0.29) is 11.4 Å². The molecule has 0 saturated carbocycles. The number of aliphatic imine (C=N–C) groups is 1. The molecule has 0 bridgehead atoms. The van der Waals surface area contributed by atoms with Crippen molar-refractivity contribution < 1.29 is 13.6 Å². The number of para-hydroxylation sites is 1. The van der Waals surface area contributed by atoms with Crippen molar-refractivity contribution in [3.05, 3.63) is 59.7 Å². The molecule has 2 aromatic rings. The summed E-state index contributed by atoms with van der Waals surface area (Å²) in [5.74, 6) is -0.769. The van der Waals surface area contributed by atoms with Gasteiger partial charge in [-0.05, 0) is 23.8 Å². The van der Waals surface area contributed by atoms with Gasteiger partial charge in [-0.1, -0.05) is 41.7 Å². The number of benzene rings is 2. The van der Waals surface area contributed by atoms with Crippen LogP contribution in [-0.2, 0) is 10.5 Å². The number of hydrogen-bond donors (Lipinski definition) is 1. The Morgan fingerprint density at radius 1 is 1.26 bits per heavy atom. The minimum absolute atomic E-state index is 0.0873. The first-order valence-electron chi connectivity index (χ1n) is 6.79. The number of halogens is 2. The highest BCUT2D eigenvalue weighted by Crippen LogP contribution is 2.34. The number of hydrogen-bond acceptors (Lipinski definition) is 4. The van der Waals surface area contributed by atoms with E-state index in [1.54, 1.807) is 11.8 Å². The number of fused-ring (bicyclic) bond motifs is 1. The van der Waals surface area contributed by atoms with Gasteiger partial charge in [0.25, 0.3) is 0 Å². The van der Waals surface area contributed by atoms with E-state index in [1.165, 1.54) is 11.8 Å². The zero-order chi connectivity index (χ0) is 16.2. The molecule has 0 saturated heterocycles. The van der Waals surface area contributed by atoms with Crippen molar-refractivity contribution in [1.29, 1.82) is 0 Å². The van der Waals surface area contributed by atoms with Crippen LogP contribution in [0.15, 0.2) is 47.5 Å². The summed E-state index contributed by atoms with van der Waals surface area (Å²) >= 11 is 2.84. The number of nitrogens with one attached hydrogen (secondary N) is 1.